The number of carbonyl (C=O) groups excluding carboxylic acids is 1. The van der Waals surface area contributed by atoms with E-state index in [0.29, 0.717) is 29.5 Å². The minimum Gasteiger partial charge on any atom is -0.423 e. The Morgan fingerprint density at radius 1 is 1.05 bits per heavy atom. The summed E-state index contributed by atoms with van der Waals surface area (Å²) in [7, 11) is 2.20. The average Bonchev–Trinajstić information content (AvgIpc) is 3.42. The van der Waals surface area contributed by atoms with Crippen LogP contribution >= 0.6 is 0 Å². The summed E-state index contributed by atoms with van der Waals surface area (Å²) in [5.41, 5.74) is 4.82. The lowest BCUT2D eigenvalue weighted by Gasteiger charge is -2.34. The predicted octanol–water partition coefficient (Wildman–Crippen LogP) is 4.40. The van der Waals surface area contributed by atoms with Crippen LogP contribution in [-0.4, -0.2) is 59.1 Å². The Labute approximate surface area is 212 Å². The van der Waals surface area contributed by atoms with Gasteiger partial charge < -0.3 is 25.6 Å². The van der Waals surface area contributed by atoms with Crippen LogP contribution in [0.5, 0.6) is 5.75 Å². The van der Waals surface area contributed by atoms with Gasteiger partial charge in [-0.1, -0.05) is 0 Å². The fourth-order valence-electron chi connectivity index (χ4n) is 5.28. The van der Waals surface area contributed by atoms with Crippen molar-refractivity contribution in [1.29, 1.82) is 0 Å². The third-order valence-corrected chi connectivity index (χ3v) is 7.24. The number of ether oxygens (including phenoxy) is 1. The number of aryl methyl sites for hydroxylation is 2. The van der Waals surface area contributed by atoms with Crippen LogP contribution in [0.15, 0.2) is 42.6 Å². The van der Waals surface area contributed by atoms with E-state index in [2.05, 4.69) is 66.6 Å². The molecule has 2 atom stereocenters. The highest BCUT2D eigenvalue weighted by Gasteiger charge is 2.46. The van der Waals surface area contributed by atoms with E-state index >= 15 is 0 Å². The van der Waals surface area contributed by atoms with Crippen molar-refractivity contribution in [1.82, 2.24) is 14.9 Å². The number of amides is 1. The van der Waals surface area contributed by atoms with Gasteiger partial charge in [-0.2, -0.15) is 13.8 Å². The minimum atomic E-state index is -3.90. The van der Waals surface area contributed by atoms with Gasteiger partial charge in [-0.15, -0.1) is 0 Å². The van der Waals surface area contributed by atoms with Crippen LogP contribution in [0, 0.1) is 13.8 Å². The first-order chi connectivity index (χ1) is 17.7. The van der Waals surface area contributed by atoms with E-state index in [-0.39, 0.29) is 11.4 Å². The number of alkyl halides is 2. The first-order valence-electron chi connectivity index (χ1n) is 12.1. The van der Waals surface area contributed by atoms with Crippen molar-refractivity contribution in [3.8, 4) is 5.75 Å². The summed E-state index contributed by atoms with van der Waals surface area (Å²) in [6.45, 7) is 6.14. The number of likely N-dealkylation sites (N-methyl/N-ethyl adjacent to an activating group) is 1. The summed E-state index contributed by atoms with van der Waals surface area (Å²) in [6.07, 6.45) is -0.980. The number of rotatable bonds is 5. The van der Waals surface area contributed by atoms with Gasteiger partial charge in [0.25, 0.3) is 0 Å². The zero-order valence-electron chi connectivity index (χ0n) is 20.7. The van der Waals surface area contributed by atoms with Gasteiger partial charge >= 0.3 is 12.0 Å². The molecule has 2 aromatic carbocycles. The van der Waals surface area contributed by atoms with Crippen LogP contribution in [0.25, 0.3) is 0 Å². The molecule has 2 unspecified atom stereocenters. The maximum absolute atomic E-state index is 13.5. The van der Waals surface area contributed by atoms with Crippen molar-refractivity contribution in [2.75, 3.05) is 41.0 Å². The highest BCUT2D eigenvalue weighted by Crippen LogP contribution is 2.38. The molecule has 2 fully saturated rings. The molecule has 0 spiro atoms. The Morgan fingerprint density at radius 2 is 1.84 bits per heavy atom. The Kier molecular flexibility index (Phi) is 5.41. The van der Waals surface area contributed by atoms with Crippen molar-refractivity contribution < 1.29 is 18.3 Å². The molecule has 0 aliphatic carbocycles. The molecule has 1 aromatic heterocycles. The topological polar surface area (TPSA) is 94.7 Å². The number of anilines is 6. The van der Waals surface area contributed by atoms with E-state index in [4.69, 9.17) is 0 Å². The number of hydrogen-bond acceptors (Lipinski definition) is 8. The molecule has 3 N–H and O–H groups in total. The van der Waals surface area contributed by atoms with Crippen LogP contribution < -0.4 is 25.6 Å². The molecule has 0 saturated carbocycles. The maximum Gasteiger partial charge on any atom is 0.482 e. The third-order valence-electron chi connectivity index (χ3n) is 7.24. The molecule has 3 aromatic rings. The predicted molar refractivity (Wildman–Crippen MR) is 137 cm³/mol. The molecular weight excluding hydrogens is 480 g/mol. The zero-order chi connectivity index (χ0) is 25.9. The molecule has 2 bridgehead atoms. The van der Waals surface area contributed by atoms with Crippen LogP contribution in [0.4, 0.5) is 43.3 Å². The van der Waals surface area contributed by atoms with E-state index in [0.717, 1.165) is 24.3 Å². The fourth-order valence-corrected chi connectivity index (χ4v) is 5.28. The standard InChI is InChI=1S/C26H27F2N7O2/c1-14-8-16(4-6-21(14)35-13-18-10-19(35)12-34(18)3)31-25-29-11-15(2)23(33-25)30-17-5-7-22-20(9-17)32-24(36)26(27,28)37-22/h4-9,11,18-19H,10,12-13H2,1-3H3,(H,32,36)(H2,29,30,31,33). The second kappa shape index (κ2) is 8.55. The van der Waals surface area contributed by atoms with Crippen LogP contribution in [0.1, 0.15) is 17.5 Å². The lowest BCUT2D eigenvalue weighted by atomic mass is 10.1. The van der Waals surface area contributed by atoms with Crippen LogP contribution in [0.3, 0.4) is 0 Å². The summed E-state index contributed by atoms with van der Waals surface area (Å²) in [6, 6.07) is 12.0. The number of piperazine rings is 1. The highest BCUT2D eigenvalue weighted by atomic mass is 19.3. The summed E-state index contributed by atoms with van der Waals surface area (Å²) < 4.78 is 31.5. The van der Waals surface area contributed by atoms with E-state index in [9.17, 15) is 13.6 Å². The van der Waals surface area contributed by atoms with Crippen molar-refractivity contribution in [3.05, 3.63) is 53.7 Å². The molecular formula is C26H27F2N7O2. The number of carbonyl (C=O) groups is 1. The van der Waals surface area contributed by atoms with Crippen molar-refractivity contribution in [2.24, 2.45) is 0 Å². The average molecular weight is 508 g/mol. The number of fused-ring (bicyclic) bond motifs is 3. The Bertz CT molecular complexity index is 1400. The van der Waals surface area contributed by atoms with Crippen LogP contribution in [-0.2, 0) is 4.79 Å². The van der Waals surface area contributed by atoms with Crippen molar-refractivity contribution in [2.45, 2.75) is 38.5 Å². The lowest BCUT2D eigenvalue weighted by molar-refractivity contribution is -0.189. The summed E-state index contributed by atoms with van der Waals surface area (Å²) in [4.78, 5) is 25.5. The van der Waals surface area contributed by atoms with E-state index in [1.54, 1.807) is 12.3 Å². The Morgan fingerprint density at radius 3 is 2.57 bits per heavy atom. The molecule has 3 aliphatic heterocycles. The molecule has 6 rings (SSSR count). The fraction of sp³-hybridized carbons (Fsp3) is 0.346. The maximum atomic E-state index is 13.5. The number of nitrogens with one attached hydrogen (secondary N) is 3. The largest absolute Gasteiger partial charge is 0.482 e. The lowest BCUT2D eigenvalue weighted by Crippen LogP contribution is -2.44. The van der Waals surface area contributed by atoms with Gasteiger partial charge in [0, 0.05) is 54.0 Å². The van der Waals surface area contributed by atoms with Gasteiger partial charge in [-0.05, 0) is 69.3 Å². The second-order valence-electron chi connectivity index (χ2n) is 9.90. The summed E-state index contributed by atoms with van der Waals surface area (Å²) >= 11 is 0. The number of halogens is 2. The molecule has 3 aliphatic rings. The van der Waals surface area contributed by atoms with Crippen molar-refractivity contribution in [3.63, 3.8) is 0 Å². The van der Waals surface area contributed by atoms with Gasteiger partial charge in [0.1, 0.15) is 5.82 Å². The third kappa shape index (κ3) is 4.29. The summed E-state index contributed by atoms with van der Waals surface area (Å²) in [5, 5.41) is 8.61. The second-order valence-corrected chi connectivity index (χ2v) is 9.90. The monoisotopic (exact) mass is 507 g/mol. The molecule has 2 saturated heterocycles. The number of benzene rings is 2. The molecule has 1 amide bonds. The minimum absolute atomic E-state index is 0.107. The summed E-state index contributed by atoms with van der Waals surface area (Å²) in [5.74, 6) is -0.662. The number of nitrogens with zero attached hydrogens (tertiary/aromatic N) is 4. The SMILES string of the molecule is Cc1cc(Nc2ncc(C)c(Nc3ccc4c(c3)NC(=O)C(F)(F)O4)n2)ccc1N1CC2CC1CN2C. The quantitative estimate of drug-likeness (QED) is 0.468. The number of likely N-dealkylation sites (tertiary alicyclic amines) is 1. The van der Waals surface area contributed by atoms with Gasteiger partial charge in [0.2, 0.25) is 5.95 Å². The smallest absolute Gasteiger partial charge is 0.423 e. The molecule has 192 valence electrons. The first kappa shape index (κ1) is 23.4. The number of aromatic nitrogens is 2. The molecule has 11 heteroatoms. The Balaban J connectivity index is 1.18. The molecule has 9 nitrogen and oxygen atoms in total. The van der Waals surface area contributed by atoms with Gasteiger partial charge in [-0.3, -0.25) is 9.69 Å². The van der Waals surface area contributed by atoms with Gasteiger partial charge in [-0.25, -0.2) is 4.98 Å². The zero-order valence-corrected chi connectivity index (χ0v) is 20.7. The molecule has 4 heterocycles. The van der Waals surface area contributed by atoms with Crippen molar-refractivity contribution >= 4 is 40.4 Å². The molecule has 0 radical (unpaired) electrons. The van der Waals surface area contributed by atoms with E-state index < -0.39 is 12.0 Å². The number of hydrogen-bond donors (Lipinski definition) is 3. The van der Waals surface area contributed by atoms with Crippen LogP contribution in [0.2, 0.25) is 0 Å². The van der Waals surface area contributed by atoms with Gasteiger partial charge in [0.05, 0.1) is 5.69 Å². The highest BCUT2D eigenvalue weighted by molar-refractivity contribution is 5.99. The van der Waals surface area contributed by atoms with E-state index in [1.165, 1.54) is 29.8 Å². The van der Waals surface area contributed by atoms with E-state index in [1.807, 2.05) is 13.0 Å². The van der Waals surface area contributed by atoms with Gasteiger partial charge in [0.15, 0.2) is 5.75 Å². The first-order valence-corrected chi connectivity index (χ1v) is 12.1. The normalized spacial score (nSPS) is 21.9. The Hall–Kier alpha value is -3.99. The molecule has 37 heavy (non-hydrogen) atoms.